The molecule has 1 aliphatic heterocycles. The summed E-state index contributed by atoms with van der Waals surface area (Å²) in [6.07, 6.45) is 0.292. The minimum Gasteiger partial charge on any atom is -0.496 e. The fourth-order valence-electron chi connectivity index (χ4n) is 2.16. The molecule has 0 bridgehead atoms. The Bertz CT molecular complexity index is 580. The van der Waals surface area contributed by atoms with Gasteiger partial charge in [0.25, 0.3) is 11.8 Å². The van der Waals surface area contributed by atoms with Gasteiger partial charge in [0.1, 0.15) is 23.1 Å². The molecule has 4 amide bonds. The predicted molar refractivity (Wildman–Crippen MR) is 77.0 cm³/mol. The van der Waals surface area contributed by atoms with Crippen LogP contribution in [0.3, 0.4) is 0 Å². The maximum atomic E-state index is 12.3. The van der Waals surface area contributed by atoms with Gasteiger partial charge in [-0.1, -0.05) is 6.07 Å². The monoisotopic (exact) mass is 307 g/mol. The van der Waals surface area contributed by atoms with Crippen molar-refractivity contribution in [2.45, 2.75) is 12.5 Å². The lowest BCUT2D eigenvalue weighted by atomic mass is 10.1. The van der Waals surface area contributed by atoms with Crippen LogP contribution in [-0.2, 0) is 4.79 Å². The van der Waals surface area contributed by atoms with Crippen LogP contribution in [0.15, 0.2) is 18.2 Å². The van der Waals surface area contributed by atoms with E-state index in [4.69, 9.17) is 9.47 Å². The lowest BCUT2D eigenvalue weighted by Crippen LogP contribution is -2.34. The molecule has 1 atom stereocenters. The van der Waals surface area contributed by atoms with E-state index in [1.54, 1.807) is 18.2 Å². The van der Waals surface area contributed by atoms with Gasteiger partial charge < -0.3 is 20.1 Å². The predicted octanol–water partition coefficient (Wildman–Crippen LogP) is 0.0317. The van der Waals surface area contributed by atoms with Crippen LogP contribution < -0.4 is 25.4 Å². The highest BCUT2D eigenvalue weighted by molar-refractivity contribution is 6.04. The molecule has 1 aliphatic rings. The standard InChI is InChI=1S/C14H17N3O5/c1-21-9-4-3-5-10(22-2)11(9)13(19)15-7-6-8-12(18)17-14(20)16-8/h3-5,8H,6-7H2,1-2H3,(H,15,19)(H2,16,17,18,20). The van der Waals surface area contributed by atoms with Gasteiger partial charge in [-0.15, -0.1) is 0 Å². The molecule has 1 saturated heterocycles. The van der Waals surface area contributed by atoms with Crippen molar-refractivity contribution in [3.8, 4) is 11.5 Å². The molecule has 0 aliphatic carbocycles. The van der Waals surface area contributed by atoms with Crippen LogP contribution in [0.5, 0.6) is 11.5 Å². The molecule has 0 spiro atoms. The van der Waals surface area contributed by atoms with Gasteiger partial charge in [-0.3, -0.25) is 14.9 Å². The Morgan fingerprint density at radius 1 is 1.23 bits per heavy atom. The Kier molecular flexibility index (Phi) is 4.82. The molecule has 0 radical (unpaired) electrons. The first-order valence-corrected chi connectivity index (χ1v) is 6.67. The third-order valence-corrected chi connectivity index (χ3v) is 3.23. The molecule has 22 heavy (non-hydrogen) atoms. The van der Waals surface area contributed by atoms with Crippen LogP contribution in [0.1, 0.15) is 16.8 Å². The smallest absolute Gasteiger partial charge is 0.322 e. The molecule has 1 heterocycles. The second-order valence-electron chi connectivity index (χ2n) is 4.60. The van der Waals surface area contributed by atoms with Crippen molar-refractivity contribution in [1.82, 2.24) is 16.0 Å². The number of ether oxygens (including phenoxy) is 2. The summed E-state index contributed by atoms with van der Waals surface area (Å²) in [6.45, 7) is 0.221. The van der Waals surface area contributed by atoms with E-state index in [1.807, 2.05) is 0 Å². The number of methoxy groups -OCH3 is 2. The summed E-state index contributed by atoms with van der Waals surface area (Å²) < 4.78 is 10.3. The van der Waals surface area contributed by atoms with Gasteiger partial charge in [0.2, 0.25) is 0 Å². The number of amides is 4. The number of hydrogen-bond acceptors (Lipinski definition) is 5. The molecule has 1 aromatic rings. The van der Waals surface area contributed by atoms with Crippen LogP contribution in [0.4, 0.5) is 4.79 Å². The van der Waals surface area contributed by atoms with E-state index in [2.05, 4.69) is 16.0 Å². The number of imide groups is 1. The van der Waals surface area contributed by atoms with E-state index in [1.165, 1.54) is 14.2 Å². The number of rotatable bonds is 6. The van der Waals surface area contributed by atoms with Gasteiger partial charge in [0.15, 0.2) is 0 Å². The van der Waals surface area contributed by atoms with Crippen molar-refractivity contribution in [2.75, 3.05) is 20.8 Å². The van der Waals surface area contributed by atoms with Gasteiger partial charge in [-0.2, -0.15) is 0 Å². The van der Waals surface area contributed by atoms with Gasteiger partial charge in [0, 0.05) is 6.54 Å². The fraction of sp³-hybridized carbons (Fsp3) is 0.357. The minimum atomic E-state index is -0.632. The van der Waals surface area contributed by atoms with Crippen molar-refractivity contribution < 1.29 is 23.9 Å². The fourth-order valence-corrected chi connectivity index (χ4v) is 2.16. The number of urea groups is 1. The van der Waals surface area contributed by atoms with Crippen LogP contribution >= 0.6 is 0 Å². The molecule has 0 saturated carbocycles. The number of carbonyl (C=O) groups excluding carboxylic acids is 3. The normalized spacial score (nSPS) is 16.7. The SMILES string of the molecule is COc1cccc(OC)c1C(=O)NCCC1NC(=O)NC1=O. The molecule has 3 N–H and O–H groups in total. The highest BCUT2D eigenvalue weighted by Crippen LogP contribution is 2.27. The summed E-state index contributed by atoms with van der Waals surface area (Å²) >= 11 is 0. The Hall–Kier alpha value is -2.77. The lowest BCUT2D eigenvalue weighted by Gasteiger charge is -2.13. The molecule has 118 valence electrons. The molecule has 8 nitrogen and oxygen atoms in total. The molecule has 0 aromatic heterocycles. The Labute approximate surface area is 127 Å². The summed E-state index contributed by atoms with van der Waals surface area (Å²) in [5.74, 6) is 0.0145. The first-order chi connectivity index (χ1) is 10.6. The Morgan fingerprint density at radius 2 is 1.86 bits per heavy atom. The highest BCUT2D eigenvalue weighted by atomic mass is 16.5. The first-order valence-electron chi connectivity index (χ1n) is 6.67. The topological polar surface area (TPSA) is 106 Å². The van der Waals surface area contributed by atoms with Crippen molar-refractivity contribution in [1.29, 1.82) is 0 Å². The average molecular weight is 307 g/mol. The third-order valence-electron chi connectivity index (χ3n) is 3.23. The summed E-state index contributed by atoms with van der Waals surface area (Å²) in [6, 6.07) is 3.87. The number of nitrogens with one attached hydrogen (secondary N) is 3. The van der Waals surface area contributed by atoms with E-state index >= 15 is 0 Å². The summed E-state index contributed by atoms with van der Waals surface area (Å²) in [7, 11) is 2.92. The van der Waals surface area contributed by atoms with Crippen LogP contribution in [0, 0.1) is 0 Å². The molecule has 2 rings (SSSR count). The van der Waals surface area contributed by atoms with Crippen molar-refractivity contribution in [3.05, 3.63) is 23.8 Å². The third kappa shape index (κ3) is 3.27. The molecular formula is C14H17N3O5. The maximum absolute atomic E-state index is 12.3. The summed E-state index contributed by atoms with van der Waals surface area (Å²) in [4.78, 5) is 34.6. The molecular weight excluding hydrogens is 290 g/mol. The summed E-state index contributed by atoms with van der Waals surface area (Å²) in [5, 5.41) is 7.27. The van der Waals surface area contributed by atoms with Gasteiger partial charge in [-0.25, -0.2) is 4.79 Å². The van der Waals surface area contributed by atoms with Crippen molar-refractivity contribution >= 4 is 17.8 Å². The number of carbonyl (C=O) groups is 3. The minimum absolute atomic E-state index is 0.221. The first kappa shape index (κ1) is 15.6. The molecule has 8 heteroatoms. The average Bonchev–Trinajstić information content (AvgIpc) is 2.84. The van der Waals surface area contributed by atoms with Crippen molar-refractivity contribution in [2.24, 2.45) is 0 Å². The van der Waals surface area contributed by atoms with E-state index in [0.717, 1.165) is 0 Å². The van der Waals surface area contributed by atoms with Gasteiger partial charge >= 0.3 is 6.03 Å². The second kappa shape index (κ2) is 6.79. The van der Waals surface area contributed by atoms with Gasteiger partial charge in [-0.05, 0) is 18.6 Å². The van der Waals surface area contributed by atoms with E-state index < -0.39 is 18.0 Å². The largest absolute Gasteiger partial charge is 0.496 e. The van der Waals surface area contributed by atoms with E-state index in [9.17, 15) is 14.4 Å². The molecule has 1 unspecified atom stereocenters. The zero-order valence-electron chi connectivity index (χ0n) is 12.3. The number of hydrogen-bond donors (Lipinski definition) is 3. The second-order valence-corrected chi connectivity index (χ2v) is 4.60. The van der Waals surface area contributed by atoms with Crippen LogP contribution in [0.2, 0.25) is 0 Å². The summed E-state index contributed by atoms with van der Waals surface area (Å²) in [5.41, 5.74) is 0.285. The highest BCUT2D eigenvalue weighted by Gasteiger charge is 2.29. The zero-order valence-corrected chi connectivity index (χ0v) is 12.3. The molecule has 1 fully saturated rings. The zero-order chi connectivity index (χ0) is 16.1. The number of benzene rings is 1. The van der Waals surface area contributed by atoms with Crippen LogP contribution in [-0.4, -0.2) is 44.7 Å². The Morgan fingerprint density at radius 3 is 2.36 bits per heavy atom. The quantitative estimate of drug-likeness (QED) is 0.643. The van der Waals surface area contributed by atoms with E-state index in [-0.39, 0.29) is 18.0 Å². The van der Waals surface area contributed by atoms with Crippen molar-refractivity contribution in [3.63, 3.8) is 0 Å². The lowest BCUT2D eigenvalue weighted by molar-refractivity contribution is -0.120. The van der Waals surface area contributed by atoms with E-state index in [0.29, 0.717) is 17.9 Å². The Balaban J connectivity index is 1.98. The van der Waals surface area contributed by atoms with Crippen LogP contribution in [0.25, 0.3) is 0 Å². The van der Waals surface area contributed by atoms with Gasteiger partial charge in [0.05, 0.1) is 14.2 Å². The maximum Gasteiger partial charge on any atom is 0.322 e. The molecule has 1 aromatic carbocycles.